The van der Waals surface area contributed by atoms with Crippen LogP contribution in [0.1, 0.15) is 34.1 Å². The first-order valence-electron chi connectivity index (χ1n) is 13.2. The molecule has 11 heteroatoms. The number of carbonyl (C=O) groups excluding carboxylic acids is 1. The lowest BCUT2D eigenvalue weighted by molar-refractivity contribution is -0.138. The standard InChI is InChI=1S/C30H35F3N6O2/c1-19(16-34-25-13-24-15-27(29(40)41-5)37-28(24)35-17-25)12-20(2)36-21(3)22-6-7-23(26(14-22)30(31,32)33)18-39-10-8-38(4)9-11-39/h6-7,12-15,17,34,36H,1,3,8-11,16,18H2,2,4-5H3,(H,35,37)/b20-12+. The number of allylic oxidation sites excluding steroid dienone is 1. The molecule has 3 aromatic rings. The van der Waals surface area contributed by atoms with Crippen LogP contribution < -0.4 is 10.6 Å². The van der Waals surface area contributed by atoms with Gasteiger partial charge in [-0.05, 0) is 54.9 Å². The van der Waals surface area contributed by atoms with Gasteiger partial charge in [-0.2, -0.15) is 13.2 Å². The third-order valence-electron chi connectivity index (χ3n) is 6.92. The number of anilines is 1. The molecule has 1 aromatic carbocycles. The van der Waals surface area contributed by atoms with Gasteiger partial charge in [-0.1, -0.05) is 25.3 Å². The molecule has 2 aromatic heterocycles. The van der Waals surface area contributed by atoms with Gasteiger partial charge in [0.15, 0.2) is 0 Å². The summed E-state index contributed by atoms with van der Waals surface area (Å²) in [7, 11) is 3.32. The van der Waals surface area contributed by atoms with Crippen LogP contribution in [-0.4, -0.2) is 72.6 Å². The zero-order valence-electron chi connectivity index (χ0n) is 23.5. The van der Waals surface area contributed by atoms with Crippen molar-refractivity contribution in [2.24, 2.45) is 0 Å². The fraction of sp³-hybridized carbons (Fsp3) is 0.333. The van der Waals surface area contributed by atoms with Crippen LogP contribution in [0.25, 0.3) is 16.7 Å². The van der Waals surface area contributed by atoms with E-state index in [2.05, 4.69) is 43.6 Å². The van der Waals surface area contributed by atoms with Gasteiger partial charge in [-0.25, -0.2) is 9.78 Å². The predicted molar refractivity (Wildman–Crippen MR) is 155 cm³/mol. The molecule has 1 saturated heterocycles. The predicted octanol–water partition coefficient (Wildman–Crippen LogP) is 5.25. The number of H-pyrrole nitrogens is 1. The number of aromatic nitrogens is 2. The summed E-state index contributed by atoms with van der Waals surface area (Å²) in [5.41, 5.74) is 3.37. The second-order valence-electron chi connectivity index (χ2n) is 10.2. The van der Waals surface area contributed by atoms with Crippen LogP contribution >= 0.6 is 0 Å². The maximum Gasteiger partial charge on any atom is 0.416 e. The van der Waals surface area contributed by atoms with Gasteiger partial charge in [0.1, 0.15) is 11.3 Å². The molecule has 0 radical (unpaired) electrons. The summed E-state index contributed by atoms with van der Waals surface area (Å²) < 4.78 is 46.6. The average Bonchev–Trinajstić information content (AvgIpc) is 3.36. The van der Waals surface area contributed by atoms with E-state index in [9.17, 15) is 18.0 Å². The number of methoxy groups -OCH3 is 1. The molecule has 8 nitrogen and oxygen atoms in total. The SMILES string of the molecule is C=C(/C=C(\C)NC(=C)c1ccc(CN2CCN(C)CC2)c(C(F)(F)F)c1)CNc1cnc2[nH]c(C(=O)OC)cc2c1. The topological polar surface area (TPSA) is 85.5 Å². The van der Waals surface area contributed by atoms with E-state index in [-0.39, 0.29) is 12.1 Å². The first kappa shape index (κ1) is 29.9. The van der Waals surface area contributed by atoms with E-state index in [1.807, 2.05) is 13.1 Å². The number of benzene rings is 1. The fourth-order valence-electron chi connectivity index (χ4n) is 4.66. The highest BCUT2D eigenvalue weighted by molar-refractivity contribution is 5.94. The van der Waals surface area contributed by atoms with Gasteiger partial charge < -0.3 is 25.3 Å². The molecule has 4 rings (SSSR count). The van der Waals surface area contributed by atoms with Crippen molar-refractivity contribution in [2.45, 2.75) is 19.6 Å². The molecule has 0 amide bonds. The van der Waals surface area contributed by atoms with Gasteiger partial charge in [0.05, 0.1) is 24.6 Å². The van der Waals surface area contributed by atoms with Crippen LogP contribution in [0.15, 0.2) is 67.0 Å². The largest absolute Gasteiger partial charge is 0.464 e. The average molecular weight is 569 g/mol. The number of fused-ring (bicyclic) bond motifs is 1. The van der Waals surface area contributed by atoms with Crippen molar-refractivity contribution in [1.29, 1.82) is 0 Å². The zero-order chi connectivity index (χ0) is 29.7. The van der Waals surface area contributed by atoms with Crippen LogP contribution in [0.3, 0.4) is 0 Å². The summed E-state index contributed by atoms with van der Waals surface area (Å²) in [6.45, 7) is 13.6. The fourth-order valence-corrected chi connectivity index (χ4v) is 4.66. The number of ether oxygens (including phenoxy) is 1. The van der Waals surface area contributed by atoms with Crippen molar-refractivity contribution in [3.63, 3.8) is 0 Å². The third kappa shape index (κ3) is 7.77. The molecule has 0 atom stereocenters. The Morgan fingerprint density at radius 2 is 1.90 bits per heavy atom. The van der Waals surface area contributed by atoms with Crippen molar-refractivity contribution in [2.75, 3.05) is 52.2 Å². The van der Waals surface area contributed by atoms with Crippen molar-refractivity contribution in [1.82, 2.24) is 25.1 Å². The van der Waals surface area contributed by atoms with Crippen molar-refractivity contribution in [3.8, 4) is 0 Å². The molecule has 41 heavy (non-hydrogen) atoms. The van der Waals surface area contributed by atoms with Crippen LogP contribution in [0.4, 0.5) is 18.9 Å². The number of nitrogens with zero attached hydrogens (tertiary/aromatic N) is 3. The van der Waals surface area contributed by atoms with Crippen LogP contribution in [0, 0.1) is 0 Å². The smallest absolute Gasteiger partial charge is 0.416 e. The van der Waals surface area contributed by atoms with E-state index in [0.29, 0.717) is 34.8 Å². The maximum absolute atomic E-state index is 14.0. The molecule has 3 heterocycles. The van der Waals surface area contributed by atoms with E-state index in [1.165, 1.54) is 13.2 Å². The number of halogens is 3. The number of alkyl halides is 3. The summed E-state index contributed by atoms with van der Waals surface area (Å²) in [6.07, 6.45) is -1.04. The number of pyridine rings is 1. The monoisotopic (exact) mass is 568 g/mol. The summed E-state index contributed by atoms with van der Waals surface area (Å²) in [6, 6.07) is 7.90. The van der Waals surface area contributed by atoms with Gasteiger partial charge in [-0.3, -0.25) is 4.90 Å². The number of likely N-dealkylation sites (N-methyl/N-ethyl adjacent to an activating group) is 1. The number of nitrogens with one attached hydrogen (secondary N) is 3. The number of piperazine rings is 1. The highest BCUT2D eigenvalue weighted by atomic mass is 19.4. The molecule has 218 valence electrons. The summed E-state index contributed by atoms with van der Waals surface area (Å²) in [5.74, 6) is -0.475. The Morgan fingerprint density at radius 3 is 2.59 bits per heavy atom. The lowest BCUT2D eigenvalue weighted by Gasteiger charge is -2.33. The van der Waals surface area contributed by atoms with Crippen molar-refractivity contribution < 1.29 is 22.7 Å². The molecule has 0 saturated carbocycles. The highest BCUT2D eigenvalue weighted by Crippen LogP contribution is 2.34. The van der Waals surface area contributed by atoms with E-state index >= 15 is 0 Å². The molecule has 1 fully saturated rings. The minimum absolute atomic E-state index is 0.258. The van der Waals surface area contributed by atoms with Gasteiger partial charge in [0, 0.05) is 56.0 Å². The Labute approximate surface area is 237 Å². The Morgan fingerprint density at radius 1 is 1.17 bits per heavy atom. The molecule has 3 N–H and O–H groups in total. The first-order valence-corrected chi connectivity index (χ1v) is 13.2. The summed E-state index contributed by atoms with van der Waals surface area (Å²) >= 11 is 0. The van der Waals surface area contributed by atoms with Crippen molar-refractivity contribution >= 4 is 28.4 Å². The quantitative estimate of drug-likeness (QED) is 0.228. The van der Waals surface area contributed by atoms with Gasteiger partial charge in [0.25, 0.3) is 0 Å². The minimum Gasteiger partial charge on any atom is -0.464 e. The molecular formula is C30H35F3N6O2. The second-order valence-corrected chi connectivity index (χ2v) is 10.2. The van der Waals surface area contributed by atoms with E-state index in [1.54, 1.807) is 37.4 Å². The third-order valence-corrected chi connectivity index (χ3v) is 6.92. The van der Waals surface area contributed by atoms with Crippen molar-refractivity contribution in [3.05, 3.63) is 89.4 Å². The summed E-state index contributed by atoms with van der Waals surface area (Å²) in [4.78, 5) is 23.2. The molecule has 0 bridgehead atoms. The van der Waals surface area contributed by atoms with Crippen LogP contribution in [0.2, 0.25) is 0 Å². The Bertz CT molecular complexity index is 1470. The summed E-state index contributed by atoms with van der Waals surface area (Å²) in [5, 5.41) is 7.06. The molecule has 0 unspecified atom stereocenters. The van der Waals surface area contributed by atoms with Gasteiger partial charge in [0.2, 0.25) is 0 Å². The number of aromatic amines is 1. The molecular weight excluding hydrogens is 533 g/mol. The first-order chi connectivity index (χ1) is 19.4. The Balaban J connectivity index is 1.37. The molecule has 1 aliphatic rings. The number of carbonyl (C=O) groups is 1. The maximum atomic E-state index is 14.0. The van der Waals surface area contributed by atoms with E-state index in [0.717, 1.165) is 42.8 Å². The van der Waals surface area contributed by atoms with Crippen LogP contribution in [-0.2, 0) is 17.5 Å². The Kier molecular flexibility index (Phi) is 9.19. The normalized spacial score (nSPS) is 15.1. The minimum atomic E-state index is -4.47. The van der Waals surface area contributed by atoms with E-state index in [4.69, 9.17) is 4.74 Å². The van der Waals surface area contributed by atoms with Crippen LogP contribution in [0.5, 0.6) is 0 Å². The Hall–Kier alpha value is -4.09. The second kappa shape index (κ2) is 12.6. The number of esters is 1. The number of hydrogen-bond acceptors (Lipinski definition) is 7. The van der Waals surface area contributed by atoms with Gasteiger partial charge in [-0.15, -0.1) is 0 Å². The highest BCUT2D eigenvalue weighted by Gasteiger charge is 2.34. The number of rotatable bonds is 10. The molecule has 1 aliphatic heterocycles. The lowest BCUT2D eigenvalue weighted by atomic mass is 10.0. The van der Waals surface area contributed by atoms with E-state index < -0.39 is 17.7 Å². The molecule has 0 aliphatic carbocycles. The number of hydrogen-bond donors (Lipinski definition) is 3. The lowest BCUT2D eigenvalue weighted by Crippen LogP contribution is -2.44. The van der Waals surface area contributed by atoms with Gasteiger partial charge >= 0.3 is 12.1 Å². The zero-order valence-corrected chi connectivity index (χ0v) is 23.5. The molecule has 0 spiro atoms.